The molecule has 2 rings (SSSR count). The quantitative estimate of drug-likeness (QED) is 0.882. The lowest BCUT2D eigenvalue weighted by Gasteiger charge is -2.32. The third kappa shape index (κ3) is 3.61. The molecule has 1 aliphatic heterocycles. The number of carboxylic acids is 1. The molecule has 1 aromatic rings. The SMILES string of the molecule is O=C(O)C1COCCN1C(=O)NCc1cccc(Cl)c1. The number of urea groups is 1. The van der Waals surface area contributed by atoms with Gasteiger partial charge in [-0.1, -0.05) is 23.7 Å². The standard InChI is InChI=1S/C13H15ClN2O4/c14-10-3-1-2-9(6-10)7-15-13(19)16-4-5-20-8-11(16)12(17)18/h1-3,6,11H,4-5,7-8H2,(H,15,19)(H,17,18). The average molecular weight is 299 g/mol. The topological polar surface area (TPSA) is 78.9 Å². The Balaban J connectivity index is 1.95. The van der Waals surface area contributed by atoms with Gasteiger partial charge in [-0.25, -0.2) is 9.59 Å². The monoisotopic (exact) mass is 298 g/mol. The van der Waals surface area contributed by atoms with E-state index in [9.17, 15) is 9.59 Å². The number of hydrogen-bond acceptors (Lipinski definition) is 3. The maximum Gasteiger partial charge on any atom is 0.328 e. The molecule has 1 atom stereocenters. The van der Waals surface area contributed by atoms with Gasteiger partial charge in [0.05, 0.1) is 13.2 Å². The van der Waals surface area contributed by atoms with Crippen molar-refractivity contribution >= 4 is 23.6 Å². The number of nitrogens with zero attached hydrogens (tertiary/aromatic N) is 1. The molecule has 20 heavy (non-hydrogen) atoms. The van der Waals surface area contributed by atoms with E-state index in [1.165, 1.54) is 4.90 Å². The van der Waals surface area contributed by atoms with Gasteiger partial charge in [-0.2, -0.15) is 0 Å². The summed E-state index contributed by atoms with van der Waals surface area (Å²) in [4.78, 5) is 24.4. The number of benzene rings is 1. The van der Waals surface area contributed by atoms with Crippen molar-refractivity contribution in [1.82, 2.24) is 10.2 Å². The summed E-state index contributed by atoms with van der Waals surface area (Å²) in [5.74, 6) is -1.07. The minimum Gasteiger partial charge on any atom is -0.480 e. The van der Waals surface area contributed by atoms with E-state index in [0.29, 0.717) is 18.2 Å². The summed E-state index contributed by atoms with van der Waals surface area (Å²) >= 11 is 5.86. The smallest absolute Gasteiger partial charge is 0.328 e. The van der Waals surface area contributed by atoms with Gasteiger partial charge in [-0.15, -0.1) is 0 Å². The zero-order valence-electron chi connectivity index (χ0n) is 10.7. The lowest BCUT2D eigenvalue weighted by molar-refractivity contribution is -0.147. The zero-order chi connectivity index (χ0) is 14.5. The van der Waals surface area contributed by atoms with Crippen LogP contribution in [0.15, 0.2) is 24.3 Å². The highest BCUT2D eigenvalue weighted by Gasteiger charge is 2.32. The van der Waals surface area contributed by atoms with Crippen LogP contribution in [0.3, 0.4) is 0 Å². The minimum atomic E-state index is -1.07. The van der Waals surface area contributed by atoms with Crippen LogP contribution >= 0.6 is 11.6 Å². The lowest BCUT2D eigenvalue weighted by Crippen LogP contribution is -2.55. The molecule has 1 aromatic carbocycles. The fourth-order valence-corrected chi connectivity index (χ4v) is 2.19. The van der Waals surface area contributed by atoms with Crippen LogP contribution in [0.2, 0.25) is 5.02 Å². The Bertz CT molecular complexity index is 509. The summed E-state index contributed by atoms with van der Waals surface area (Å²) in [6.45, 7) is 0.912. The van der Waals surface area contributed by atoms with E-state index in [2.05, 4.69) is 5.32 Å². The molecule has 1 fully saturated rings. The Morgan fingerprint density at radius 2 is 2.30 bits per heavy atom. The molecular weight excluding hydrogens is 284 g/mol. The van der Waals surface area contributed by atoms with E-state index >= 15 is 0 Å². The number of amides is 2. The number of halogens is 1. The Kier molecular flexibility index (Phi) is 4.81. The van der Waals surface area contributed by atoms with Gasteiger partial charge in [0, 0.05) is 18.1 Å². The van der Waals surface area contributed by atoms with Crippen molar-refractivity contribution < 1.29 is 19.4 Å². The molecule has 0 aliphatic carbocycles. The van der Waals surface area contributed by atoms with Crippen molar-refractivity contribution in [2.75, 3.05) is 19.8 Å². The van der Waals surface area contributed by atoms with E-state index in [1.807, 2.05) is 6.07 Å². The molecule has 108 valence electrons. The number of rotatable bonds is 3. The molecule has 7 heteroatoms. The molecule has 0 aromatic heterocycles. The fraction of sp³-hybridized carbons (Fsp3) is 0.385. The van der Waals surface area contributed by atoms with Gasteiger partial charge in [0.15, 0.2) is 6.04 Å². The molecule has 1 unspecified atom stereocenters. The highest BCUT2D eigenvalue weighted by Crippen LogP contribution is 2.11. The molecule has 2 N–H and O–H groups in total. The Hall–Kier alpha value is -1.79. The summed E-state index contributed by atoms with van der Waals surface area (Å²) in [7, 11) is 0. The van der Waals surface area contributed by atoms with E-state index < -0.39 is 18.0 Å². The maximum absolute atomic E-state index is 12.0. The van der Waals surface area contributed by atoms with Crippen LogP contribution < -0.4 is 5.32 Å². The summed E-state index contributed by atoms with van der Waals surface area (Å²) in [6.07, 6.45) is 0. The van der Waals surface area contributed by atoms with Crippen molar-refractivity contribution in [3.8, 4) is 0 Å². The first kappa shape index (κ1) is 14.6. The number of morpholine rings is 1. The minimum absolute atomic E-state index is 0.0138. The number of carbonyl (C=O) groups is 2. The Labute approximate surface area is 121 Å². The summed E-state index contributed by atoms with van der Waals surface area (Å²) in [6, 6.07) is 5.76. The Morgan fingerprint density at radius 1 is 1.50 bits per heavy atom. The summed E-state index contributed by atoms with van der Waals surface area (Å²) in [5, 5.41) is 12.3. The molecule has 1 aliphatic rings. The molecule has 6 nitrogen and oxygen atoms in total. The molecule has 2 amide bonds. The van der Waals surface area contributed by atoms with Gasteiger partial charge >= 0.3 is 12.0 Å². The predicted molar refractivity (Wildman–Crippen MR) is 72.6 cm³/mol. The van der Waals surface area contributed by atoms with E-state index in [1.54, 1.807) is 18.2 Å². The van der Waals surface area contributed by atoms with Gasteiger partial charge in [-0.05, 0) is 17.7 Å². The van der Waals surface area contributed by atoms with Gasteiger partial charge in [0.25, 0.3) is 0 Å². The number of ether oxygens (including phenoxy) is 1. The summed E-state index contributed by atoms with van der Waals surface area (Å²) in [5.41, 5.74) is 0.853. The highest BCUT2D eigenvalue weighted by molar-refractivity contribution is 6.30. The van der Waals surface area contributed by atoms with Gasteiger partial charge < -0.3 is 20.1 Å². The van der Waals surface area contributed by atoms with Crippen LogP contribution in [0, 0.1) is 0 Å². The molecule has 1 saturated heterocycles. The number of hydrogen-bond donors (Lipinski definition) is 2. The highest BCUT2D eigenvalue weighted by atomic mass is 35.5. The largest absolute Gasteiger partial charge is 0.480 e. The summed E-state index contributed by atoms with van der Waals surface area (Å²) < 4.78 is 5.08. The van der Waals surface area contributed by atoms with Crippen molar-refractivity contribution in [3.63, 3.8) is 0 Å². The molecule has 0 spiro atoms. The number of aliphatic carboxylic acids is 1. The van der Waals surface area contributed by atoms with Crippen molar-refractivity contribution in [3.05, 3.63) is 34.9 Å². The number of carbonyl (C=O) groups excluding carboxylic acids is 1. The second-order valence-corrected chi connectivity index (χ2v) is 4.85. The van der Waals surface area contributed by atoms with E-state index in [0.717, 1.165) is 5.56 Å². The Morgan fingerprint density at radius 3 is 3.00 bits per heavy atom. The number of carboxylic acid groups (broad SMARTS) is 1. The van der Waals surface area contributed by atoms with Crippen LogP contribution in [0.25, 0.3) is 0 Å². The second kappa shape index (κ2) is 6.58. The molecule has 0 bridgehead atoms. The van der Waals surface area contributed by atoms with Crippen molar-refractivity contribution in [2.24, 2.45) is 0 Å². The maximum atomic E-state index is 12.0. The fourth-order valence-electron chi connectivity index (χ4n) is 1.98. The molecular formula is C13H15ClN2O4. The number of nitrogens with one attached hydrogen (secondary N) is 1. The third-order valence-electron chi connectivity index (χ3n) is 3.01. The van der Waals surface area contributed by atoms with Gasteiger partial charge in [-0.3, -0.25) is 0 Å². The zero-order valence-corrected chi connectivity index (χ0v) is 11.5. The predicted octanol–water partition coefficient (Wildman–Crippen LogP) is 1.33. The van der Waals surface area contributed by atoms with Gasteiger partial charge in [0.1, 0.15) is 0 Å². The first-order chi connectivity index (χ1) is 9.58. The average Bonchev–Trinajstić information content (AvgIpc) is 2.45. The second-order valence-electron chi connectivity index (χ2n) is 4.41. The molecule has 0 saturated carbocycles. The van der Waals surface area contributed by atoms with Gasteiger partial charge in [0.2, 0.25) is 0 Å². The normalized spacial score (nSPS) is 18.6. The van der Waals surface area contributed by atoms with Crippen LogP contribution in [0.4, 0.5) is 4.79 Å². The molecule has 1 heterocycles. The van der Waals surface area contributed by atoms with Crippen molar-refractivity contribution in [2.45, 2.75) is 12.6 Å². The first-order valence-electron chi connectivity index (χ1n) is 6.17. The van der Waals surface area contributed by atoms with Crippen LogP contribution in [0.5, 0.6) is 0 Å². The third-order valence-corrected chi connectivity index (χ3v) is 3.24. The van der Waals surface area contributed by atoms with E-state index in [-0.39, 0.29) is 13.2 Å². The van der Waals surface area contributed by atoms with Crippen LogP contribution in [-0.4, -0.2) is 47.8 Å². The van der Waals surface area contributed by atoms with Crippen molar-refractivity contribution in [1.29, 1.82) is 0 Å². The van der Waals surface area contributed by atoms with E-state index in [4.69, 9.17) is 21.4 Å². The van der Waals surface area contributed by atoms with Crippen LogP contribution in [0.1, 0.15) is 5.56 Å². The molecule has 0 radical (unpaired) electrons. The van der Waals surface area contributed by atoms with Crippen LogP contribution in [-0.2, 0) is 16.1 Å². The first-order valence-corrected chi connectivity index (χ1v) is 6.55. The lowest BCUT2D eigenvalue weighted by atomic mass is 10.2.